The highest BCUT2D eigenvalue weighted by Crippen LogP contribution is 2.21. The molecule has 1 aromatic heterocycles. The number of anilines is 1. The van der Waals surface area contributed by atoms with Gasteiger partial charge in [0.1, 0.15) is 0 Å². The van der Waals surface area contributed by atoms with Gasteiger partial charge in [0.15, 0.2) is 5.69 Å². The lowest BCUT2D eigenvalue weighted by Gasteiger charge is -2.14. The predicted molar refractivity (Wildman–Crippen MR) is 84.4 cm³/mol. The van der Waals surface area contributed by atoms with Crippen molar-refractivity contribution in [2.75, 3.05) is 17.6 Å². The summed E-state index contributed by atoms with van der Waals surface area (Å²) in [5, 5.41) is 12.8. The van der Waals surface area contributed by atoms with E-state index in [2.05, 4.69) is 9.82 Å². The smallest absolute Gasteiger partial charge is 0.356 e. The summed E-state index contributed by atoms with van der Waals surface area (Å²) >= 11 is 0. The lowest BCUT2D eigenvalue weighted by Crippen LogP contribution is -2.26. The largest absolute Gasteiger partial charge is 0.476 e. The molecule has 1 aromatic carbocycles. The van der Waals surface area contributed by atoms with Gasteiger partial charge < -0.3 is 9.84 Å². The molecule has 0 aliphatic carbocycles. The van der Waals surface area contributed by atoms with E-state index in [-0.39, 0.29) is 11.4 Å². The highest BCUT2D eigenvalue weighted by molar-refractivity contribution is 7.92. The first-order valence-corrected chi connectivity index (χ1v) is 8.39. The van der Waals surface area contributed by atoms with E-state index < -0.39 is 22.1 Å². The van der Waals surface area contributed by atoms with Crippen LogP contribution >= 0.6 is 0 Å². The van der Waals surface area contributed by atoms with Crippen LogP contribution < -0.4 is 4.72 Å². The lowest BCUT2D eigenvalue weighted by molar-refractivity contribution is 0.0690. The summed E-state index contributed by atoms with van der Waals surface area (Å²) in [5.41, 5.74) is 0.597. The summed E-state index contributed by atoms with van der Waals surface area (Å²) in [6.07, 6.45) is 0.997. The van der Waals surface area contributed by atoms with Gasteiger partial charge in [0, 0.05) is 13.3 Å². The molecule has 0 radical (unpaired) electrons. The molecule has 0 amide bonds. The van der Waals surface area contributed by atoms with Crippen LogP contribution in [0.25, 0.3) is 5.69 Å². The fourth-order valence-corrected chi connectivity index (χ4v) is 3.26. The number of benzene rings is 1. The number of carbonyl (C=O) groups is 1. The van der Waals surface area contributed by atoms with Crippen molar-refractivity contribution in [3.05, 3.63) is 42.2 Å². The average Bonchev–Trinajstić information content (AvgIpc) is 2.96. The van der Waals surface area contributed by atoms with Crippen molar-refractivity contribution in [3.8, 4) is 5.69 Å². The predicted octanol–water partition coefficient (Wildman–Crippen LogP) is 1.35. The van der Waals surface area contributed by atoms with Crippen LogP contribution in [0.2, 0.25) is 0 Å². The second kappa shape index (κ2) is 6.80. The molecule has 0 aliphatic rings. The number of nitrogens with zero attached hydrogens (tertiary/aromatic N) is 2. The molecule has 0 fully saturated rings. The number of carboxylic acids is 1. The monoisotopic (exact) mass is 339 g/mol. The molecule has 8 nitrogen and oxygen atoms in total. The SMILES string of the molecule is CO[C@@H](C)CS(=O)(=O)Nc1ccccc1-n1ccc(C(=O)O)n1. The van der Waals surface area contributed by atoms with Gasteiger partial charge in [0.05, 0.1) is 23.2 Å². The Hall–Kier alpha value is -2.39. The van der Waals surface area contributed by atoms with Crippen molar-refractivity contribution >= 4 is 21.7 Å². The number of rotatable bonds is 7. The molecule has 2 rings (SSSR count). The highest BCUT2D eigenvalue weighted by Gasteiger charge is 2.18. The molecule has 23 heavy (non-hydrogen) atoms. The fraction of sp³-hybridized carbons (Fsp3) is 0.286. The number of sulfonamides is 1. The Morgan fingerprint density at radius 2 is 2.09 bits per heavy atom. The number of methoxy groups -OCH3 is 1. The minimum atomic E-state index is -3.62. The van der Waals surface area contributed by atoms with Crippen LogP contribution in [0.4, 0.5) is 5.69 Å². The molecule has 124 valence electrons. The van der Waals surface area contributed by atoms with Crippen molar-refractivity contribution in [1.29, 1.82) is 0 Å². The summed E-state index contributed by atoms with van der Waals surface area (Å²) in [7, 11) is -2.18. The Labute approximate surface area is 133 Å². The van der Waals surface area contributed by atoms with Crippen molar-refractivity contribution in [1.82, 2.24) is 9.78 Å². The first kappa shape index (κ1) is 17.0. The minimum Gasteiger partial charge on any atom is -0.476 e. The fourth-order valence-electron chi connectivity index (χ4n) is 1.92. The van der Waals surface area contributed by atoms with E-state index in [4.69, 9.17) is 9.84 Å². The maximum absolute atomic E-state index is 12.2. The van der Waals surface area contributed by atoms with Crippen LogP contribution in [-0.2, 0) is 14.8 Å². The van der Waals surface area contributed by atoms with Gasteiger partial charge in [-0.2, -0.15) is 5.10 Å². The van der Waals surface area contributed by atoms with Gasteiger partial charge in [-0.15, -0.1) is 0 Å². The van der Waals surface area contributed by atoms with Gasteiger partial charge in [-0.05, 0) is 25.1 Å². The number of aromatic carboxylic acids is 1. The van der Waals surface area contributed by atoms with Gasteiger partial charge in [0.2, 0.25) is 10.0 Å². The second-order valence-electron chi connectivity index (χ2n) is 4.90. The molecule has 2 N–H and O–H groups in total. The van der Waals surface area contributed by atoms with E-state index in [0.29, 0.717) is 11.4 Å². The van der Waals surface area contributed by atoms with Crippen LogP contribution in [0.5, 0.6) is 0 Å². The highest BCUT2D eigenvalue weighted by atomic mass is 32.2. The van der Waals surface area contributed by atoms with Crippen molar-refractivity contribution in [3.63, 3.8) is 0 Å². The zero-order valence-electron chi connectivity index (χ0n) is 12.6. The summed E-state index contributed by atoms with van der Waals surface area (Å²) in [6, 6.07) is 7.92. The van der Waals surface area contributed by atoms with Gasteiger partial charge in [-0.3, -0.25) is 4.72 Å². The third-order valence-electron chi connectivity index (χ3n) is 3.08. The van der Waals surface area contributed by atoms with Crippen molar-refractivity contribution in [2.24, 2.45) is 0 Å². The lowest BCUT2D eigenvalue weighted by atomic mass is 10.3. The number of aromatic nitrogens is 2. The Balaban J connectivity index is 2.32. The van der Waals surface area contributed by atoms with Crippen LogP contribution in [0.15, 0.2) is 36.5 Å². The third-order valence-corrected chi connectivity index (χ3v) is 4.52. The van der Waals surface area contributed by atoms with Crippen LogP contribution in [0, 0.1) is 0 Å². The molecule has 9 heteroatoms. The van der Waals surface area contributed by atoms with Gasteiger partial charge in [-0.25, -0.2) is 17.9 Å². The van der Waals surface area contributed by atoms with E-state index in [1.54, 1.807) is 31.2 Å². The van der Waals surface area contributed by atoms with E-state index in [1.807, 2.05) is 0 Å². The first-order chi connectivity index (χ1) is 10.8. The molecule has 0 saturated heterocycles. The maximum Gasteiger partial charge on any atom is 0.356 e. The summed E-state index contributed by atoms with van der Waals surface area (Å²) < 4.78 is 33.0. The summed E-state index contributed by atoms with van der Waals surface area (Å²) in [4.78, 5) is 10.9. The molecule has 2 aromatic rings. The summed E-state index contributed by atoms with van der Waals surface area (Å²) in [5.74, 6) is -1.35. The van der Waals surface area contributed by atoms with Gasteiger partial charge in [0.25, 0.3) is 0 Å². The number of para-hydroxylation sites is 2. The molecule has 0 saturated carbocycles. The number of hydrogen-bond acceptors (Lipinski definition) is 5. The summed E-state index contributed by atoms with van der Waals surface area (Å²) in [6.45, 7) is 1.65. The van der Waals surface area contributed by atoms with Crippen molar-refractivity contribution in [2.45, 2.75) is 13.0 Å². The van der Waals surface area contributed by atoms with Crippen molar-refractivity contribution < 1.29 is 23.1 Å². The van der Waals surface area contributed by atoms with Crippen LogP contribution in [0.1, 0.15) is 17.4 Å². The van der Waals surface area contributed by atoms with E-state index in [9.17, 15) is 13.2 Å². The first-order valence-electron chi connectivity index (χ1n) is 6.74. The van der Waals surface area contributed by atoms with E-state index >= 15 is 0 Å². The Kier molecular flexibility index (Phi) is 5.02. The average molecular weight is 339 g/mol. The second-order valence-corrected chi connectivity index (χ2v) is 6.66. The van der Waals surface area contributed by atoms with Crippen LogP contribution in [-0.4, -0.2) is 48.2 Å². The quantitative estimate of drug-likeness (QED) is 0.788. The normalized spacial score (nSPS) is 12.8. The molecular weight excluding hydrogens is 322 g/mol. The molecule has 0 bridgehead atoms. The third kappa shape index (κ3) is 4.30. The molecule has 1 heterocycles. The number of hydrogen-bond donors (Lipinski definition) is 2. The molecular formula is C14H17N3O5S. The van der Waals surface area contributed by atoms with E-state index in [1.165, 1.54) is 24.1 Å². The van der Waals surface area contributed by atoms with Gasteiger partial charge >= 0.3 is 5.97 Å². The standard InChI is InChI=1S/C14H17N3O5S/c1-10(22-2)9-23(20,21)16-11-5-3-4-6-13(11)17-8-7-12(15-17)14(18)19/h3-8,10,16H,9H2,1-2H3,(H,18,19)/t10-/m0/s1. The van der Waals surface area contributed by atoms with Crippen LogP contribution in [0.3, 0.4) is 0 Å². The molecule has 0 spiro atoms. The zero-order valence-corrected chi connectivity index (χ0v) is 13.4. The molecule has 1 atom stereocenters. The Morgan fingerprint density at radius 1 is 1.39 bits per heavy atom. The zero-order chi connectivity index (χ0) is 17.0. The van der Waals surface area contributed by atoms with E-state index in [0.717, 1.165) is 0 Å². The molecule has 0 aliphatic heterocycles. The minimum absolute atomic E-state index is 0.129. The number of nitrogens with one attached hydrogen (secondary N) is 1. The maximum atomic E-state index is 12.2. The van der Waals surface area contributed by atoms with Gasteiger partial charge in [-0.1, -0.05) is 12.1 Å². The Morgan fingerprint density at radius 3 is 2.70 bits per heavy atom. The number of ether oxygens (including phenoxy) is 1. The topological polar surface area (TPSA) is 111 Å². The number of carboxylic acid groups (broad SMARTS) is 1. The molecule has 0 unspecified atom stereocenters. The Bertz CT molecular complexity index is 800.